The lowest BCUT2D eigenvalue weighted by Crippen LogP contribution is -2.13. The van der Waals surface area contributed by atoms with Crippen LogP contribution in [-0.4, -0.2) is 35.6 Å². The maximum atomic E-state index is 13.6. The molecule has 0 amide bonds. The second-order valence-corrected chi connectivity index (χ2v) is 8.04. The minimum Gasteiger partial charge on any atom is -0.507 e. The van der Waals surface area contributed by atoms with Gasteiger partial charge >= 0.3 is 0 Å². The fourth-order valence-corrected chi connectivity index (χ4v) is 3.69. The van der Waals surface area contributed by atoms with Gasteiger partial charge in [0.1, 0.15) is 28.1 Å². The molecule has 0 radical (unpaired) electrons. The molecule has 3 aromatic rings. The lowest BCUT2D eigenvalue weighted by molar-refractivity contribution is 0.209. The molecule has 0 saturated heterocycles. The summed E-state index contributed by atoms with van der Waals surface area (Å²) in [5.41, 5.74) is 2.07. The number of ether oxygens (including phenoxy) is 2. The molecule has 0 aliphatic heterocycles. The van der Waals surface area contributed by atoms with E-state index in [1.165, 1.54) is 26.4 Å². The standard InChI is InChI=1S/C25H28O7/c1-12(2)7-8-14-21-19(10-17(27)25(14)31-6)32-20-11-18(30-5)15(9-16(26)13(3)4)23(28)22(20)24(21)29/h7,10-11,16,26-28H,3,8-9H2,1-2,4-6H3/t16-/m0/s1. The first-order chi connectivity index (χ1) is 15.1. The Hall–Kier alpha value is -3.45. The van der Waals surface area contributed by atoms with Crippen LogP contribution in [0, 0.1) is 0 Å². The van der Waals surface area contributed by atoms with Gasteiger partial charge in [-0.15, -0.1) is 0 Å². The molecule has 0 bridgehead atoms. The summed E-state index contributed by atoms with van der Waals surface area (Å²) in [6.07, 6.45) is 1.32. The lowest BCUT2D eigenvalue weighted by Gasteiger charge is -2.17. The van der Waals surface area contributed by atoms with Gasteiger partial charge in [-0.3, -0.25) is 4.79 Å². The zero-order valence-electron chi connectivity index (χ0n) is 18.9. The van der Waals surface area contributed by atoms with E-state index >= 15 is 0 Å². The van der Waals surface area contributed by atoms with Crippen molar-refractivity contribution in [3.63, 3.8) is 0 Å². The van der Waals surface area contributed by atoms with Crippen LogP contribution in [0.25, 0.3) is 21.9 Å². The van der Waals surface area contributed by atoms with Crippen LogP contribution in [0.15, 0.2) is 45.1 Å². The number of hydrogen-bond donors (Lipinski definition) is 3. The number of phenolic OH excluding ortho intramolecular Hbond substituents is 2. The monoisotopic (exact) mass is 440 g/mol. The third kappa shape index (κ3) is 4.03. The molecule has 7 nitrogen and oxygen atoms in total. The highest BCUT2D eigenvalue weighted by Gasteiger charge is 2.24. The van der Waals surface area contributed by atoms with Crippen molar-refractivity contribution in [3.8, 4) is 23.0 Å². The number of aromatic hydroxyl groups is 2. The van der Waals surface area contributed by atoms with Gasteiger partial charge in [0, 0.05) is 29.7 Å². The summed E-state index contributed by atoms with van der Waals surface area (Å²) in [6.45, 7) is 9.25. The van der Waals surface area contributed by atoms with Gasteiger partial charge in [0.05, 0.1) is 25.7 Å². The fourth-order valence-electron chi connectivity index (χ4n) is 3.69. The van der Waals surface area contributed by atoms with Crippen LogP contribution < -0.4 is 14.9 Å². The first-order valence-electron chi connectivity index (χ1n) is 10.2. The highest BCUT2D eigenvalue weighted by Crippen LogP contribution is 2.41. The number of fused-ring (bicyclic) bond motifs is 2. The Morgan fingerprint density at radius 2 is 1.75 bits per heavy atom. The van der Waals surface area contributed by atoms with Crippen LogP contribution in [0.2, 0.25) is 0 Å². The summed E-state index contributed by atoms with van der Waals surface area (Å²) in [7, 11) is 2.83. The highest BCUT2D eigenvalue weighted by molar-refractivity contribution is 5.97. The lowest BCUT2D eigenvalue weighted by atomic mass is 9.97. The molecule has 0 unspecified atom stereocenters. The summed E-state index contributed by atoms with van der Waals surface area (Å²) in [5.74, 6) is -0.0413. The predicted molar refractivity (Wildman–Crippen MR) is 124 cm³/mol. The number of methoxy groups -OCH3 is 2. The number of rotatable bonds is 7. The summed E-state index contributed by atoms with van der Waals surface area (Å²) < 4.78 is 16.7. The van der Waals surface area contributed by atoms with Crippen molar-refractivity contribution in [3.05, 3.63) is 57.3 Å². The van der Waals surface area contributed by atoms with Crippen molar-refractivity contribution < 1.29 is 29.2 Å². The highest BCUT2D eigenvalue weighted by atomic mass is 16.5. The van der Waals surface area contributed by atoms with Gasteiger partial charge in [-0.25, -0.2) is 0 Å². The zero-order chi connectivity index (χ0) is 23.7. The van der Waals surface area contributed by atoms with Crippen LogP contribution in [0.4, 0.5) is 0 Å². The summed E-state index contributed by atoms with van der Waals surface area (Å²) >= 11 is 0. The Balaban J connectivity index is 2.45. The average Bonchev–Trinajstić information content (AvgIpc) is 2.72. The van der Waals surface area contributed by atoms with E-state index in [9.17, 15) is 20.1 Å². The average molecular weight is 440 g/mol. The molecule has 1 heterocycles. The van der Waals surface area contributed by atoms with Crippen LogP contribution in [0.3, 0.4) is 0 Å². The van der Waals surface area contributed by atoms with Crippen molar-refractivity contribution in [2.75, 3.05) is 14.2 Å². The largest absolute Gasteiger partial charge is 0.507 e. The van der Waals surface area contributed by atoms with Crippen molar-refractivity contribution in [1.82, 2.24) is 0 Å². The van der Waals surface area contributed by atoms with E-state index in [-0.39, 0.29) is 56.9 Å². The Bertz CT molecular complexity index is 1290. The summed E-state index contributed by atoms with van der Waals surface area (Å²) in [6, 6.07) is 2.82. The summed E-state index contributed by atoms with van der Waals surface area (Å²) in [4.78, 5) is 13.6. The molecule has 0 aliphatic carbocycles. The number of benzene rings is 2. The fraction of sp³-hybridized carbons (Fsp3) is 0.320. The van der Waals surface area contributed by atoms with E-state index in [0.717, 1.165) is 5.57 Å². The van der Waals surface area contributed by atoms with Crippen molar-refractivity contribution in [2.24, 2.45) is 0 Å². The molecule has 3 N–H and O–H groups in total. The van der Waals surface area contributed by atoms with Crippen molar-refractivity contribution in [2.45, 2.75) is 39.7 Å². The Morgan fingerprint density at radius 1 is 1.09 bits per heavy atom. The maximum Gasteiger partial charge on any atom is 0.204 e. The van der Waals surface area contributed by atoms with E-state index in [4.69, 9.17) is 13.9 Å². The maximum absolute atomic E-state index is 13.6. The molecule has 0 spiro atoms. The molecule has 1 atom stereocenters. The van der Waals surface area contributed by atoms with Gasteiger partial charge in [0.2, 0.25) is 5.43 Å². The number of phenols is 2. The van der Waals surface area contributed by atoms with Gasteiger partial charge in [-0.05, 0) is 27.2 Å². The normalized spacial score (nSPS) is 12.1. The Kier molecular flexibility index (Phi) is 6.50. The van der Waals surface area contributed by atoms with Gasteiger partial charge in [-0.1, -0.05) is 23.8 Å². The third-order valence-corrected chi connectivity index (χ3v) is 5.43. The molecule has 3 rings (SSSR count). The summed E-state index contributed by atoms with van der Waals surface area (Å²) in [5, 5.41) is 32.0. The zero-order valence-corrected chi connectivity index (χ0v) is 18.9. The van der Waals surface area contributed by atoms with Crippen LogP contribution >= 0.6 is 0 Å². The number of allylic oxidation sites excluding steroid dienone is 2. The number of aliphatic hydroxyl groups excluding tert-OH is 1. The third-order valence-electron chi connectivity index (χ3n) is 5.43. The molecule has 2 aromatic carbocycles. The van der Waals surface area contributed by atoms with E-state index < -0.39 is 11.5 Å². The number of aliphatic hydroxyl groups is 1. The van der Waals surface area contributed by atoms with Gasteiger partial charge in [0.15, 0.2) is 11.5 Å². The van der Waals surface area contributed by atoms with E-state index in [2.05, 4.69) is 6.58 Å². The van der Waals surface area contributed by atoms with Crippen molar-refractivity contribution in [1.29, 1.82) is 0 Å². The second-order valence-electron chi connectivity index (χ2n) is 8.04. The van der Waals surface area contributed by atoms with Crippen molar-refractivity contribution >= 4 is 21.9 Å². The smallest absolute Gasteiger partial charge is 0.204 e. The molecule has 0 aliphatic rings. The topological polar surface area (TPSA) is 109 Å². The Labute approximate surface area is 185 Å². The van der Waals surface area contributed by atoms with E-state index in [1.807, 2.05) is 19.9 Å². The van der Waals surface area contributed by atoms with E-state index in [1.54, 1.807) is 6.92 Å². The van der Waals surface area contributed by atoms with Gasteiger partial charge in [-0.2, -0.15) is 0 Å². The molecular weight excluding hydrogens is 412 g/mol. The van der Waals surface area contributed by atoms with E-state index in [0.29, 0.717) is 17.6 Å². The van der Waals surface area contributed by atoms with Crippen LogP contribution in [-0.2, 0) is 12.8 Å². The molecule has 0 saturated carbocycles. The molecular formula is C25H28O7. The molecule has 0 fully saturated rings. The minimum atomic E-state index is -0.926. The molecule has 170 valence electrons. The first kappa shape index (κ1) is 23.2. The predicted octanol–water partition coefficient (Wildman–Crippen LogP) is 4.36. The minimum absolute atomic E-state index is 0.0152. The quantitative estimate of drug-likeness (QED) is 0.370. The van der Waals surface area contributed by atoms with Gasteiger partial charge in [0.25, 0.3) is 0 Å². The molecule has 32 heavy (non-hydrogen) atoms. The molecule has 1 aromatic heterocycles. The van der Waals surface area contributed by atoms with Gasteiger partial charge < -0.3 is 29.2 Å². The number of hydrogen-bond acceptors (Lipinski definition) is 7. The Morgan fingerprint density at radius 3 is 2.31 bits per heavy atom. The SMILES string of the molecule is C=C(C)[C@@H](O)Cc1c(OC)cc2oc3cc(O)c(OC)c(CC=C(C)C)c3c(=O)c2c1O. The second kappa shape index (κ2) is 8.96. The first-order valence-corrected chi connectivity index (χ1v) is 10.2. The van der Waals surface area contributed by atoms with Crippen LogP contribution in [0.5, 0.6) is 23.0 Å². The van der Waals surface area contributed by atoms with Crippen LogP contribution in [0.1, 0.15) is 31.9 Å². The molecule has 7 heteroatoms.